The van der Waals surface area contributed by atoms with Crippen LogP contribution in [0.4, 0.5) is 0 Å². The summed E-state index contributed by atoms with van der Waals surface area (Å²) >= 11 is 0. The Labute approximate surface area is 167 Å². The quantitative estimate of drug-likeness (QED) is 0.392. The third-order valence-corrected chi connectivity index (χ3v) is 7.78. The fourth-order valence-electron chi connectivity index (χ4n) is 3.12. The van der Waals surface area contributed by atoms with E-state index in [1.54, 1.807) is 6.08 Å². The molecule has 1 heterocycles. The van der Waals surface area contributed by atoms with E-state index in [1.165, 1.54) is 0 Å². The molecule has 28 heavy (non-hydrogen) atoms. The molecule has 0 aliphatic rings. The minimum Gasteiger partial charge on any atom is -0.309 e. The summed E-state index contributed by atoms with van der Waals surface area (Å²) in [6.45, 7) is 7.77. The normalized spacial score (nSPS) is 12.6. The topological polar surface area (TPSA) is 30.0 Å². The Kier molecular flexibility index (Phi) is 6.23. The number of allylic oxidation sites excluding steroid dienone is 5. The first-order valence-corrected chi connectivity index (χ1v) is 10.9. The lowest BCUT2D eigenvalue weighted by Gasteiger charge is -2.21. The molecule has 3 heteroatoms. The zero-order chi connectivity index (χ0) is 20.0. The second-order valence-corrected chi connectivity index (χ2v) is 9.60. The zero-order valence-electron chi connectivity index (χ0n) is 16.2. The van der Waals surface area contributed by atoms with E-state index < -0.39 is 7.14 Å². The molecule has 0 N–H and O–H groups in total. The summed E-state index contributed by atoms with van der Waals surface area (Å²) in [5.74, 6) is 0. The van der Waals surface area contributed by atoms with Crippen LogP contribution in [0.2, 0.25) is 0 Å². The summed E-state index contributed by atoms with van der Waals surface area (Å²) in [4.78, 5) is 4.53. The van der Waals surface area contributed by atoms with E-state index in [0.717, 1.165) is 32.8 Å². The molecule has 0 radical (unpaired) electrons. The Balaban J connectivity index is 2.17. The van der Waals surface area contributed by atoms with Gasteiger partial charge < -0.3 is 4.57 Å². The molecular weight excluding hydrogens is 361 g/mol. The molecule has 0 bridgehead atoms. The van der Waals surface area contributed by atoms with Gasteiger partial charge in [-0.25, -0.2) is 0 Å². The summed E-state index contributed by atoms with van der Waals surface area (Å²) in [6.07, 6.45) is 7.45. The van der Waals surface area contributed by atoms with Gasteiger partial charge in [0.1, 0.15) is 0 Å². The number of nitrogens with zero attached hydrogens (tertiary/aromatic N) is 1. The molecule has 3 aromatic rings. The van der Waals surface area contributed by atoms with Crippen molar-refractivity contribution in [2.75, 3.05) is 0 Å². The average Bonchev–Trinajstić information content (AvgIpc) is 2.74. The Hall–Kier alpha value is -2.96. The number of pyridine rings is 1. The third kappa shape index (κ3) is 4.13. The smallest absolute Gasteiger partial charge is 0.166 e. The van der Waals surface area contributed by atoms with Crippen LogP contribution in [0.1, 0.15) is 18.2 Å². The third-order valence-electron chi connectivity index (χ3n) is 4.61. The highest BCUT2D eigenvalue weighted by Gasteiger charge is 2.29. The van der Waals surface area contributed by atoms with Crippen molar-refractivity contribution in [1.29, 1.82) is 0 Å². The van der Waals surface area contributed by atoms with Crippen LogP contribution in [0.5, 0.6) is 0 Å². The Morgan fingerprint density at radius 2 is 1.50 bits per heavy atom. The van der Waals surface area contributed by atoms with Crippen LogP contribution in [0.3, 0.4) is 0 Å². The van der Waals surface area contributed by atoms with Crippen LogP contribution >= 0.6 is 7.14 Å². The van der Waals surface area contributed by atoms with Crippen molar-refractivity contribution >= 4 is 23.3 Å². The molecule has 0 aliphatic heterocycles. The molecule has 140 valence electrons. The molecular formula is C25H24NOP. The SMILES string of the molecule is C=C/C=C(\C=C(/C)P(=O)(c1ccccc1)c1ccccc1)c1ccc(C)cn1. The van der Waals surface area contributed by atoms with Crippen molar-refractivity contribution in [2.24, 2.45) is 0 Å². The van der Waals surface area contributed by atoms with Gasteiger partial charge in [0.25, 0.3) is 0 Å². The van der Waals surface area contributed by atoms with Gasteiger partial charge in [0.2, 0.25) is 0 Å². The maximum Gasteiger partial charge on any atom is 0.166 e. The second kappa shape index (κ2) is 8.82. The Morgan fingerprint density at radius 3 is 1.96 bits per heavy atom. The van der Waals surface area contributed by atoms with Crippen molar-refractivity contribution in [3.8, 4) is 0 Å². The van der Waals surface area contributed by atoms with E-state index in [2.05, 4.69) is 11.6 Å². The van der Waals surface area contributed by atoms with Crippen molar-refractivity contribution in [3.05, 3.63) is 120 Å². The van der Waals surface area contributed by atoms with Gasteiger partial charge >= 0.3 is 0 Å². The van der Waals surface area contributed by atoms with Gasteiger partial charge in [-0.15, -0.1) is 0 Å². The van der Waals surface area contributed by atoms with Crippen molar-refractivity contribution in [3.63, 3.8) is 0 Å². The standard InChI is InChI=1S/C25H24NOP/c1-4-11-22(25-17-16-20(2)19-26-25)18-21(3)28(27,23-12-7-5-8-13-23)24-14-9-6-10-15-24/h4-19H,1H2,2-3H3/b21-18+,22-11+. The fourth-order valence-corrected chi connectivity index (χ4v) is 5.74. The van der Waals surface area contributed by atoms with Crippen molar-refractivity contribution in [1.82, 2.24) is 4.98 Å². The van der Waals surface area contributed by atoms with Gasteiger partial charge in [0, 0.05) is 22.4 Å². The van der Waals surface area contributed by atoms with E-state index in [9.17, 15) is 4.57 Å². The molecule has 0 aliphatic carbocycles. The molecule has 0 saturated carbocycles. The molecule has 2 nitrogen and oxygen atoms in total. The summed E-state index contributed by atoms with van der Waals surface area (Å²) in [6, 6.07) is 23.4. The van der Waals surface area contributed by atoms with Gasteiger partial charge in [0.05, 0.1) is 5.69 Å². The predicted octanol–water partition coefficient (Wildman–Crippen LogP) is 5.88. The first-order chi connectivity index (χ1) is 13.6. The highest BCUT2D eigenvalue weighted by atomic mass is 31.2. The Morgan fingerprint density at radius 1 is 0.929 bits per heavy atom. The summed E-state index contributed by atoms with van der Waals surface area (Å²) in [7, 11) is -2.96. The first-order valence-electron chi connectivity index (χ1n) is 9.21. The molecule has 0 saturated heterocycles. The summed E-state index contributed by atoms with van der Waals surface area (Å²) in [5, 5.41) is 2.45. The maximum atomic E-state index is 14.4. The first kappa shape index (κ1) is 19.8. The van der Waals surface area contributed by atoms with Crippen LogP contribution in [0, 0.1) is 6.92 Å². The average molecular weight is 385 g/mol. The summed E-state index contributed by atoms with van der Waals surface area (Å²) in [5.41, 5.74) is 2.82. The van der Waals surface area contributed by atoms with E-state index in [1.807, 2.05) is 105 Å². The largest absolute Gasteiger partial charge is 0.309 e. The number of hydrogen-bond donors (Lipinski definition) is 0. The molecule has 3 rings (SSSR count). The van der Waals surface area contributed by atoms with Crippen LogP contribution < -0.4 is 10.6 Å². The van der Waals surface area contributed by atoms with E-state index >= 15 is 0 Å². The molecule has 0 atom stereocenters. The molecule has 2 aromatic carbocycles. The molecule has 0 fully saturated rings. The predicted molar refractivity (Wildman–Crippen MR) is 121 cm³/mol. The van der Waals surface area contributed by atoms with Crippen LogP contribution in [0.25, 0.3) is 5.57 Å². The van der Waals surface area contributed by atoms with Gasteiger partial charge in [-0.2, -0.15) is 0 Å². The number of aromatic nitrogens is 1. The van der Waals surface area contributed by atoms with Crippen LogP contribution in [-0.2, 0) is 4.57 Å². The van der Waals surface area contributed by atoms with Crippen LogP contribution in [-0.4, -0.2) is 4.98 Å². The van der Waals surface area contributed by atoms with Crippen LogP contribution in [0.15, 0.2) is 109 Å². The number of benzene rings is 2. The van der Waals surface area contributed by atoms with Gasteiger partial charge in [-0.05, 0) is 36.9 Å². The number of hydrogen-bond acceptors (Lipinski definition) is 2. The lowest BCUT2D eigenvalue weighted by molar-refractivity contribution is 0.590. The van der Waals surface area contributed by atoms with E-state index in [0.29, 0.717) is 0 Å². The maximum absolute atomic E-state index is 14.4. The van der Waals surface area contributed by atoms with E-state index in [-0.39, 0.29) is 0 Å². The zero-order valence-corrected chi connectivity index (χ0v) is 17.1. The van der Waals surface area contributed by atoms with Gasteiger partial charge in [-0.3, -0.25) is 4.98 Å². The second-order valence-electron chi connectivity index (χ2n) is 6.64. The Bertz CT molecular complexity index is 1010. The van der Waals surface area contributed by atoms with Crippen molar-refractivity contribution in [2.45, 2.75) is 13.8 Å². The molecule has 0 spiro atoms. The van der Waals surface area contributed by atoms with E-state index in [4.69, 9.17) is 0 Å². The van der Waals surface area contributed by atoms with Gasteiger partial charge in [-0.1, -0.05) is 85.5 Å². The lowest BCUT2D eigenvalue weighted by Crippen LogP contribution is -2.16. The van der Waals surface area contributed by atoms with Crippen molar-refractivity contribution < 1.29 is 4.57 Å². The molecule has 0 amide bonds. The van der Waals surface area contributed by atoms with Gasteiger partial charge in [0.15, 0.2) is 7.14 Å². The minimum absolute atomic E-state index is 0.806. The molecule has 0 unspecified atom stereocenters. The monoisotopic (exact) mass is 385 g/mol. The lowest BCUT2D eigenvalue weighted by atomic mass is 10.1. The molecule has 1 aromatic heterocycles. The highest BCUT2D eigenvalue weighted by molar-refractivity contribution is 7.82. The highest BCUT2D eigenvalue weighted by Crippen LogP contribution is 2.52. The summed E-state index contributed by atoms with van der Waals surface area (Å²) < 4.78 is 14.4. The minimum atomic E-state index is -2.96. The fraction of sp³-hybridized carbons (Fsp3) is 0.0800. The number of rotatable bonds is 6. The number of aryl methyl sites for hydroxylation is 1.